The van der Waals surface area contributed by atoms with Crippen molar-refractivity contribution in [2.45, 2.75) is 19.9 Å². The predicted molar refractivity (Wildman–Crippen MR) is 105 cm³/mol. The maximum atomic E-state index is 11.9. The molecule has 0 aliphatic rings. The van der Waals surface area contributed by atoms with Gasteiger partial charge in [-0.1, -0.05) is 32.0 Å². The molecule has 0 radical (unpaired) electrons. The molecule has 0 aliphatic heterocycles. The summed E-state index contributed by atoms with van der Waals surface area (Å²) in [4.78, 5) is 23.6. The number of nitrogens with two attached hydrogens (primary N) is 1. The van der Waals surface area contributed by atoms with Crippen molar-refractivity contribution in [1.82, 2.24) is 5.32 Å². The second kappa shape index (κ2) is 10.4. The largest absolute Gasteiger partial charge is 0.457 e. The Bertz CT molecular complexity index is 706. The first-order chi connectivity index (χ1) is 12.0. The van der Waals surface area contributed by atoms with Crippen LogP contribution in [0.25, 0.3) is 0 Å². The molecule has 7 heteroatoms. The molecule has 0 fully saturated rings. The van der Waals surface area contributed by atoms with Crippen LogP contribution in [-0.4, -0.2) is 24.4 Å². The van der Waals surface area contributed by atoms with Crippen molar-refractivity contribution in [2.75, 3.05) is 11.9 Å². The molecule has 2 rings (SSSR count). The van der Waals surface area contributed by atoms with Crippen LogP contribution in [0.4, 0.5) is 5.69 Å². The molecular weight excluding hydrogens is 354 g/mol. The summed E-state index contributed by atoms with van der Waals surface area (Å²) < 4.78 is 5.68. The highest BCUT2D eigenvalue weighted by Crippen LogP contribution is 2.22. The molecule has 26 heavy (non-hydrogen) atoms. The van der Waals surface area contributed by atoms with E-state index in [-0.39, 0.29) is 36.7 Å². The normalized spacial score (nSPS) is 11.2. The summed E-state index contributed by atoms with van der Waals surface area (Å²) in [7, 11) is 0. The van der Waals surface area contributed by atoms with E-state index in [1.807, 2.05) is 44.2 Å². The number of hydrogen-bond donors (Lipinski definition) is 3. The van der Waals surface area contributed by atoms with Crippen LogP contribution < -0.4 is 21.1 Å². The van der Waals surface area contributed by atoms with Crippen LogP contribution in [0.15, 0.2) is 54.6 Å². The van der Waals surface area contributed by atoms with Crippen molar-refractivity contribution >= 4 is 29.9 Å². The second-order valence-electron chi connectivity index (χ2n) is 5.98. The molecule has 2 aromatic rings. The van der Waals surface area contributed by atoms with Gasteiger partial charge < -0.3 is 21.1 Å². The summed E-state index contributed by atoms with van der Waals surface area (Å²) in [6, 6.07) is 15.8. The predicted octanol–water partition coefficient (Wildman–Crippen LogP) is 2.94. The lowest BCUT2D eigenvalue weighted by molar-refractivity contribution is -0.125. The molecule has 0 aromatic heterocycles. The minimum Gasteiger partial charge on any atom is -0.457 e. The van der Waals surface area contributed by atoms with Gasteiger partial charge in [0.05, 0.1) is 12.6 Å². The number of ether oxygens (including phenoxy) is 1. The summed E-state index contributed by atoms with van der Waals surface area (Å²) >= 11 is 0. The number of amides is 2. The highest BCUT2D eigenvalue weighted by molar-refractivity contribution is 5.95. The summed E-state index contributed by atoms with van der Waals surface area (Å²) in [5, 5.41) is 5.23. The van der Waals surface area contributed by atoms with E-state index in [1.165, 1.54) is 0 Å². The minimum absolute atomic E-state index is 0. The number of rotatable bonds is 7. The zero-order chi connectivity index (χ0) is 18.2. The molecule has 6 nitrogen and oxygen atoms in total. The summed E-state index contributed by atoms with van der Waals surface area (Å²) in [6.45, 7) is 3.58. The van der Waals surface area contributed by atoms with Crippen molar-refractivity contribution in [1.29, 1.82) is 0 Å². The fourth-order valence-corrected chi connectivity index (χ4v) is 2.02. The van der Waals surface area contributed by atoms with Gasteiger partial charge in [0.2, 0.25) is 11.8 Å². The maximum absolute atomic E-state index is 11.9. The van der Waals surface area contributed by atoms with Gasteiger partial charge in [0.15, 0.2) is 0 Å². The maximum Gasteiger partial charge on any atom is 0.243 e. The zero-order valence-corrected chi connectivity index (χ0v) is 15.6. The number of nitrogens with one attached hydrogen (secondary N) is 2. The molecule has 0 saturated carbocycles. The van der Waals surface area contributed by atoms with Crippen LogP contribution in [-0.2, 0) is 9.59 Å². The fourth-order valence-electron chi connectivity index (χ4n) is 2.02. The first-order valence-corrected chi connectivity index (χ1v) is 8.12. The van der Waals surface area contributed by atoms with E-state index in [9.17, 15) is 9.59 Å². The van der Waals surface area contributed by atoms with Gasteiger partial charge in [-0.25, -0.2) is 0 Å². The first kappa shape index (κ1) is 21.5. The number of halogens is 1. The number of anilines is 1. The average Bonchev–Trinajstić information content (AvgIpc) is 2.61. The molecule has 1 atom stereocenters. The summed E-state index contributed by atoms with van der Waals surface area (Å²) in [5.41, 5.74) is 6.34. The van der Waals surface area contributed by atoms with Crippen molar-refractivity contribution in [3.63, 3.8) is 0 Å². The topological polar surface area (TPSA) is 93.5 Å². The Morgan fingerprint density at radius 1 is 1.00 bits per heavy atom. The number of para-hydroxylation sites is 1. The molecule has 0 spiro atoms. The quantitative estimate of drug-likeness (QED) is 0.691. The number of carbonyl (C=O) groups is 2. The highest BCUT2D eigenvalue weighted by Gasteiger charge is 2.17. The molecule has 0 aliphatic carbocycles. The van der Waals surface area contributed by atoms with Gasteiger partial charge in [0.25, 0.3) is 0 Å². The monoisotopic (exact) mass is 377 g/mol. The van der Waals surface area contributed by atoms with Gasteiger partial charge >= 0.3 is 0 Å². The molecule has 0 unspecified atom stereocenters. The molecule has 0 saturated heterocycles. The van der Waals surface area contributed by atoms with E-state index in [0.717, 1.165) is 5.75 Å². The van der Waals surface area contributed by atoms with Gasteiger partial charge in [0.1, 0.15) is 11.5 Å². The summed E-state index contributed by atoms with van der Waals surface area (Å²) in [6.07, 6.45) is 0. The molecule has 0 bridgehead atoms. The van der Waals surface area contributed by atoms with Crippen LogP contribution in [0.1, 0.15) is 13.8 Å². The highest BCUT2D eigenvalue weighted by atomic mass is 35.5. The SMILES string of the molecule is CC(C)[C@H](N)C(=O)NCC(=O)Nc1ccc(Oc2ccccc2)cc1.Cl. The molecule has 0 heterocycles. The van der Waals surface area contributed by atoms with Crippen LogP contribution in [0.5, 0.6) is 11.5 Å². The Hall–Kier alpha value is -2.57. The average molecular weight is 378 g/mol. The number of hydrogen-bond acceptors (Lipinski definition) is 4. The van der Waals surface area contributed by atoms with E-state index in [1.54, 1.807) is 24.3 Å². The smallest absolute Gasteiger partial charge is 0.243 e. The molecule has 140 valence electrons. The lowest BCUT2D eigenvalue weighted by atomic mass is 10.1. The Balaban J connectivity index is 0.00000338. The van der Waals surface area contributed by atoms with E-state index in [2.05, 4.69) is 10.6 Å². The summed E-state index contributed by atoms with van der Waals surface area (Å²) in [5.74, 6) is 0.766. The van der Waals surface area contributed by atoms with E-state index in [0.29, 0.717) is 11.4 Å². The van der Waals surface area contributed by atoms with Crippen LogP contribution in [0, 0.1) is 5.92 Å². The Labute approximate surface area is 159 Å². The van der Waals surface area contributed by atoms with Crippen LogP contribution in [0.3, 0.4) is 0 Å². The number of benzene rings is 2. The third-order valence-electron chi connectivity index (χ3n) is 3.56. The second-order valence-corrected chi connectivity index (χ2v) is 5.98. The first-order valence-electron chi connectivity index (χ1n) is 8.12. The zero-order valence-electron chi connectivity index (χ0n) is 14.8. The molecule has 2 aromatic carbocycles. The third-order valence-corrected chi connectivity index (χ3v) is 3.56. The van der Waals surface area contributed by atoms with Crippen LogP contribution in [0.2, 0.25) is 0 Å². The van der Waals surface area contributed by atoms with Crippen molar-refractivity contribution in [3.8, 4) is 11.5 Å². The van der Waals surface area contributed by atoms with Gasteiger partial charge in [-0.15, -0.1) is 12.4 Å². The van der Waals surface area contributed by atoms with Crippen molar-refractivity contribution in [2.24, 2.45) is 11.7 Å². The Kier molecular flexibility index (Phi) is 8.61. The minimum atomic E-state index is -0.623. The van der Waals surface area contributed by atoms with Crippen LogP contribution >= 0.6 is 12.4 Å². The van der Waals surface area contributed by atoms with Gasteiger partial charge in [0, 0.05) is 5.69 Å². The molecular formula is C19H24ClN3O3. The van der Waals surface area contributed by atoms with Crippen molar-refractivity contribution in [3.05, 3.63) is 54.6 Å². The molecule has 4 N–H and O–H groups in total. The van der Waals surface area contributed by atoms with Gasteiger partial charge in [-0.2, -0.15) is 0 Å². The Morgan fingerprint density at radius 3 is 2.15 bits per heavy atom. The van der Waals surface area contributed by atoms with E-state index in [4.69, 9.17) is 10.5 Å². The number of carbonyl (C=O) groups excluding carboxylic acids is 2. The van der Waals surface area contributed by atoms with E-state index >= 15 is 0 Å². The lowest BCUT2D eigenvalue weighted by Gasteiger charge is -2.15. The van der Waals surface area contributed by atoms with Gasteiger partial charge in [-0.05, 0) is 42.3 Å². The third kappa shape index (κ3) is 6.74. The standard InChI is InChI=1S/C19H23N3O3.ClH/c1-13(2)18(20)19(24)21-12-17(23)22-14-8-10-16(11-9-14)25-15-6-4-3-5-7-15;/h3-11,13,18H,12,20H2,1-2H3,(H,21,24)(H,22,23);1H/t18-;/m0./s1. The fraction of sp³-hybridized carbons (Fsp3) is 0.263. The van der Waals surface area contributed by atoms with Crippen molar-refractivity contribution < 1.29 is 14.3 Å². The van der Waals surface area contributed by atoms with Gasteiger partial charge in [-0.3, -0.25) is 9.59 Å². The van der Waals surface area contributed by atoms with E-state index < -0.39 is 6.04 Å². The lowest BCUT2D eigenvalue weighted by Crippen LogP contribution is -2.46. The molecule has 2 amide bonds. The Morgan fingerprint density at radius 2 is 1.58 bits per heavy atom.